The molecule has 0 amide bonds. The quantitative estimate of drug-likeness (QED) is 0.733. The highest BCUT2D eigenvalue weighted by atomic mass is 16.5. The van der Waals surface area contributed by atoms with Crippen LogP contribution in [0.5, 0.6) is 17.2 Å². The van der Waals surface area contributed by atoms with Crippen LogP contribution in [-0.4, -0.2) is 19.3 Å². The van der Waals surface area contributed by atoms with Crippen molar-refractivity contribution in [1.82, 2.24) is 0 Å². The third kappa shape index (κ3) is 3.53. The summed E-state index contributed by atoms with van der Waals surface area (Å²) < 4.78 is 10.2. The lowest BCUT2D eigenvalue weighted by atomic mass is 10.0. The maximum absolute atomic E-state index is 9.82. The van der Waals surface area contributed by atoms with Gasteiger partial charge in [0.05, 0.1) is 14.2 Å². The average Bonchev–Trinajstić information content (AvgIpc) is 2.39. The summed E-state index contributed by atoms with van der Waals surface area (Å²) in [4.78, 5) is 0. The SMILES string of the molecule is CCCCC[C@@H](N)c1cc(OC)c(O)c(OC)c1. The fourth-order valence-electron chi connectivity index (χ4n) is 1.91. The van der Waals surface area contributed by atoms with Gasteiger partial charge in [0.2, 0.25) is 5.75 Å². The van der Waals surface area contributed by atoms with E-state index < -0.39 is 0 Å². The molecule has 4 heteroatoms. The zero-order valence-corrected chi connectivity index (χ0v) is 11.4. The van der Waals surface area contributed by atoms with E-state index in [1.54, 1.807) is 12.1 Å². The predicted octanol–water partition coefficient (Wildman–Crippen LogP) is 2.99. The van der Waals surface area contributed by atoms with Crippen molar-refractivity contribution in [3.8, 4) is 17.2 Å². The topological polar surface area (TPSA) is 64.7 Å². The van der Waals surface area contributed by atoms with E-state index in [4.69, 9.17) is 15.2 Å². The van der Waals surface area contributed by atoms with Crippen molar-refractivity contribution in [3.05, 3.63) is 17.7 Å². The van der Waals surface area contributed by atoms with Gasteiger partial charge in [0.15, 0.2) is 11.5 Å². The number of phenolic OH excluding ortho intramolecular Hbond substituents is 1. The van der Waals surface area contributed by atoms with Gasteiger partial charge in [0.1, 0.15) is 0 Å². The molecule has 0 aliphatic rings. The van der Waals surface area contributed by atoms with Gasteiger partial charge >= 0.3 is 0 Å². The number of methoxy groups -OCH3 is 2. The average molecular weight is 253 g/mol. The molecule has 0 aromatic heterocycles. The summed E-state index contributed by atoms with van der Waals surface area (Å²) in [5, 5.41) is 9.82. The molecule has 4 nitrogen and oxygen atoms in total. The fraction of sp³-hybridized carbons (Fsp3) is 0.571. The van der Waals surface area contributed by atoms with E-state index in [-0.39, 0.29) is 11.8 Å². The highest BCUT2D eigenvalue weighted by Crippen LogP contribution is 2.38. The molecule has 0 saturated heterocycles. The van der Waals surface area contributed by atoms with E-state index in [2.05, 4.69) is 6.92 Å². The van der Waals surface area contributed by atoms with Gasteiger partial charge in [-0.15, -0.1) is 0 Å². The van der Waals surface area contributed by atoms with Crippen LogP contribution < -0.4 is 15.2 Å². The summed E-state index contributed by atoms with van der Waals surface area (Å²) in [6.45, 7) is 2.16. The van der Waals surface area contributed by atoms with Crippen molar-refractivity contribution in [2.75, 3.05) is 14.2 Å². The highest BCUT2D eigenvalue weighted by Gasteiger charge is 2.14. The van der Waals surface area contributed by atoms with Crippen molar-refractivity contribution in [2.24, 2.45) is 5.73 Å². The molecule has 0 radical (unpaired) electrons. The second kappa shape index (κ2) is 7.11. The monoisotopic (exact) mass is 253 g/mol. The second-order valence-corrected chi connectivity index (χ2v) is 4.38. The standard InChI is InChI=1S/C14H23NO3/c1-4-5-6-7-11(15)10-8-12(17-2)14(16)13(9-10)18-3/h8-9,11,16H,4-7,15H2,1-3H3/t11-/m1/s1. The largest absolute Gasteiger partial charge is 0.502 e. The maximum Gasteiger partial charge on any atom is 0.200 e. The first-order chi connectivity index (χ1) is 8.63. The van der Waals surface area contributed by atoms with Crippen LogP contribution in [0.1, 0.15) is 44.2 Å². The number of benzene rings is 1. The van der Waals surface area contributed by atoms with Crippen LogP contribution in [0.25, 0.3) is 0 Å². The molecule has 1 aromatic carbocycles. The van der Waals surface area contributed by atoms with E-state index >= 15 is 0 Å². The number of aromatic hydroxyl groups is 1. The number of rotatable bonds is 7. The minimum absolute atomic E-state index is 0.0181. The molecule has 0 spiro atoms. The molecule has 0 heterocycles. The molecule has 102 valence electrons. The van der Waals surface area contributed by atoms with E-state index in [0.717, 1.165) is 18.4 Å². The molecule has 0 saturated carbocycles. The summed E-state index contributed by atoms with van der Waals surface area (Å²) >= 11 is 0. The number of unbranched alkanes of at least 4 members (excludes halogenated alkanes) is 2. The van der Waals surface area contributed by atoms with Crippen LogP contribution in [0.2, 0.25) is 0 Å². The third-order valence-electron chi connectivity index (χ3n) is 3.05. The molecule has 0 unspecified atom stereocenters. The van der Waals surface area contributed by atoms with Gasteiger partial charge in [-0.2, -0.15) is 0 Å². The van der Waals surface area contributed by atoms with Crippen LogP contribution >= 0.6 is 0 Å². The van der Waals surface area contributed by atoms with E-state index in [1.807, 2.05) is 0 Å². The van der Waals surface area contributed by atoms with Gasteiger partial charge in [-0.3, -0.25) is 0 Å². The lowest BCUT2D eigenvalue weighted by Gasteiger charge is -2.16. The summed E-state index contributed by atoms with van der Waals surface area (Å²) in [6.07, 6.45) is 4.38. The smallest absolute Gasteiger partial charge is 0.200 e. The normalized spacial score (nSPS) is 12.2. The lowest BCUT2D eigenvalue weighted by Crippen LogP contribution is -2.10. The zero-order valence-electron chi connectivity index (χ0n) is 11.4. The second-order valence-electron chi connectivity index (χ2n) is 4.38. The molecule has 1 rings (SSSR count). The van der Waals surface area contributed by atoms with Gasteiger partial charge in [-0.25, -0.2) is 0 Å². The number of phenols is 1. The van der Waals surface area contributed by atoms with Crippen molar-refractivity contribution in [2.45, 2.75) is 38.6 Å². The first-order valence-electron chi connectivity index (χ1n) is 6.34. The van der Waals surface area contributed by atoms with Crippen LogP contribution in [0.15, 0.2) is 12.1 Å². The van der Waals surface area contributed by atoms with E-state index in [0.29, 0.717) is 11.5 Å². The lowest BCUT2D eigenvalue weighted by molar-refractivity contribution is 0.338. The molecule has 0 fully saturated rings. The highest BCUT2D eigenvalue weighted by molar-refractivity contribution is 5.53. The summed E-state index contributed by atoms with van der Waals surface area (Å²) in [5.41, 5.74) is 7.07. The van der Waals surface area contributed by atoms with Crippen LogP contribution in [-0.2, 0) is 0 Å². The molecule has 1 atom stereocenters. The fourth-order valence-corrected chi connectivity index (χ4v) is 1.91. The van der Waals surface area contributed by atoms with Gasteiger partial charge in [-0.1, -0.05) is 26.2 Å². The first kappa shape index (κ1) is 14.6. The minimum Gasteiger partial charge on any atom is -0.502 e. The Hall–Kier alpha value is -1.42. The number of ether oxygens (including phenoxy) is 2. The Morgan fingerprint density at radius 1 is 1.17 bits per heavy atom. The Labute approximate surface area is 109 Å². The molecule has 0 bridgehead atoms. The number of nitrogens with two attached hydrogens (primary N) is 1. The summed E-state index contributed by atoms with van der Waals surface area (Å²) in [6, 6.07) is 3.49. The predicted molar refractivity (Wildman–Crippen MR) is 72.3 cm³/mol. The molecule has 1 aromatic rings. The van der Waals surface area contributed by atoms with Crippen molar-refractivity contribution in [3.63, 3.8) is 0 Å². The Kier molecular flexibility index (Phi) is 5.78. The Morgan fingerprint density at radius 3 is 2.17 bits per heavy atom. The number of hydrogen-bond donors (Lipinski definition) is 2. The molecular formula is C14H23NO3. The van der Waals surface area contributed by atoms with Crippen LogP contribution in [0.4, 0.5) is 0 Å². The molecule has 18 heavy (non-hydrogen) atoms. The zero-order chi connectivity index (χ0) is 13.5. The maximum atomic E-state index is 9.82. The van der Waals surface area contributed by atoms with Crippen molar-refractivity contribution in [1.29, 1.82) is 0 Å². The van der Waals surface area contributed by atoms with Crippen molar-refractivity contribution >= 4 is 0 Å². The van der Waals surface area contributed by atoms with Crippen molar-refractivity contribution < 1.29 is 14.6 Å². The van der Waals surface area contributed by atoms with Crippen LogP contribution in [0.3, 0.4) is 0 Å². The van der Waals surface area contributed by atoms with Gasteiger partial charge in [-0.05, 0) is 24.1 Å². The van der Waals surface area contributed by atoms with Crippen LogP contribution in [0, 0.1) is 0 Å². The van der Waals surface area contributed by atoms with E-state index in [1.165, 1.54) is 27.1 Å². The molecule has 0 aliphatic carbocycles. The molecular weight excluding hydrogens is 230 g/mol. The molecule has 3 N–H and O–H groups in total. The number of hydrogen-bond acceptors (Lipinski definition) is 4. The van der Waals surface area contributed by atoms with Gasteiger partial charge < -0.3 is 20.3 Å². The summed E-state index contributed by atoms with van der Waals surface area (Å²) in [7, 11) is 3.03. The van der Waals surface area contributed by atoms with Gasteiger partial charge in [0, 0.05) is 6.04 Å². The molecule has 0 aliphatic heterocycles. The van der Waals surface area contributed by atoms with E-state index in [9.17, 15) is 5.11 Å². The first-order valence-corrected chi connectivity index (χ1v) is 6.34. The summed E-state index contributed by atoms with van der Waals surface area (Å²) in [5.74, 6) is 0.815. The third-order valence-corrected chi connectivity index (χ3v) is 3.05. The minimum atomic E-state index is -0.0556. The Morgan fingerprint density at radius 2 is 1.72 bits per heavy atom. The Bertz CT molecular complexity index is 354. The Balaban J connectivity index is 2.87. The van der Waals surface area contributed by atoms with Gasteiger partial charge in [0.25, 0.3) is 0 Å².